The first-order chi connectivity index (χ1) is 17.6. The molecule has 0 fully saturated rings. The summed E-state index contributed by atoms with van der Waals surface area (Å²) in [5, 5.41) is 9.77. The van der Waals surface area contributed by atoms with Crippen LogP contribution in [0.15, 0.2) is 84.0 Å². The molecule has 5 aromatic rings. The first-order valence-electron chi connectivity index (χ1n) is 11.5. The number of hydrogen-bond donors (Lipinski definition) is 1. The molecule has 0 bridgehead atoms. The van der Waals surface area contributed by atoms with Crippen molar-refractivity contribution in [1.82, 2.24) is 24.6 Å². The van der Waals surface area contributed by atoms with E-state index < -0.39 is 0 Å². The van der Waals surface area contributed by atoms with Crippen molar-refractivity contribution >= 4 is 27.7 Å². The lowest BCUT2D eigenvalue weighted by Crippen LogP contribution is -2.32. The van der Waals surface area contributed by atoms with E-state index in [0.717, 1.165) is 16.3 Å². The summed E-state index contributed by atoms with van der Waals surface area (Å²) < 4.78 is 14.0. The normalized spacial score (nSPS) is 11.0. The van der Waals surface area contributed by atoms with Crippen LogP contribution < -0.4 is 20.3 Å². The summed E-state index contributed by atoms with van der Waals surface area (Å²) in [5.41, 5.74) is 1.36. The van der Waals surface area contributed by atoms with Gasteiger partial charge in [-0.2, -0.15) is 5.10 Å². The lowest BCUT2D eigenvalue weighted by molar-refractivity contribution is -0.123. The van der Waals surface area contributed by atoms with Crippen molar-refractivity contribution in [2.24, 2.45) is 0 Å². The first kappa shape index (κ1) is 23.1. The Morgan fingerprint density at radius 1 is 0.972 bits per heavy atom. The van der Waals surface area contributed by atoms with Crippen LogP contribution >= 0.6 is 0 Å². The van der Waals surface area contributed by atoms with Crippen LogP contribution in [0.3, 0.4) is 0 Å². The number of benzene rings is 3. The zero-order valence-corrected chi connectivity index (χ0v) is 19.8. The molecule has 182 valence electrons. The molecule has 0 saturated carbocycles. The molecule has 2 aromatic heterocycles. The zero-order valence-electron chi connectivity index (χ0n) is 19.8. The largest absolute Gasteiger partial charge is 0.493 e. The number of methoxy groups -OCH3 is 1. The summed E-state index contributed by atoms with van der Waals surface area (Å²) in [6, 6.07) is 21.3. The molecule has 1 N–H and O–H groups in total. The van der Waals surface area contributed by atoms with Crippen LogP contribution in [0.1, 0.15) is 5.56 Å². The molecule has 0 aliphatic rings. The summed E-state index contributed by atoms with van der Waals surface area (Å²) in [4.78, 5) is 29.8. The molecule has 9 heteroatoms. The van der Waals surface area contributed by atoms with Crippen LogP contribution in [0.2, 0.25) is 0 Å². The maximum Gasteiger partial charge on any atom is 0.264 e. The second-order valence-electron chi connectivity index (χ2n) is 8.21. The van der Waals surface area contributed by atoms with Crippen LogP contribution in [0.4, 0.5) is 0 Å². The highest BCUT2D eigenvalue weighted by Gasteiger charge is 2.12. The van der Waals surface area contributed by atoms with E-state index in [-0.39, 0.29) is 18.1 Å². The van der Waals surface area contributed by atoms with E-state index >= 15 is 0 Å². The second-order valence-corrected chi connectivity index (χ2v) is 8.21. The van der Waals surface area contributed by atoms with Crippen LogP contribution in [0, 0.1) is 0 Å². The minimum Gasteiger partial charge on any atom is -0.493 e. The van der Waals surface area contributed by atoms with Crippen molar-refractivity contribution in [2.75, 3.05) is 20.3 Å². The summed E-state index contributed by atoms with van der Waals surface area (Å²) >= 11 is 0. The summed E-state index contributed by atoms with van der Waals surface area (Å²) in [6.07, 6.45) is 3.07. The van der Waals surface area contributed by atoms with Gasteiger partial charge in [-0.05, 0) is 28.5 Å². The first-order valence-corrected chi connectivity index (χ1v) is 11.5. The highest BCUT2D eigenvalue weighted by atomic mass is 16.5. The predicted octanol–water partition coefficient (Wildman–Crippen LogP) is 3.00. The number of ether oxygens (including phenoxy) is 2. The molecule has 0 aliphatic heterocycles. The van der Waals surface area contributed by atoms with E-state index in [4.69, 9.17) is 9.47 Å². The van der Waals surface area contributed by atoms with Crippen molar-refractivity contribution < 1.29 is 14.3 Å². The van der Waals surface area contributed by atoms with Gasteiger partial charge < -0.3 is 14.8 Å². The molecule has 0 atom stereocenters. The number of carbonyl (C=O) groups excluding carboxylic acids is 1. The third-order valence-corrected chi connectivity index (χ3v) is 5.92. The molecule has 0 aliphatic carbocycles. The molecule has 0 spiro atoms. The van der Waals surface area contributed by atoms with Gasteiger partial charge in [0.15, 0.2) is 23.8 Å². The van der Waals surface area contributed by atoms with Gasteiger partial charge in [0, 0.05) is 6.54 Å². The van der Waals surface area contributed by atoms with Gasteiger partial charge in [-0.15, -0.1) is 0 Å². The van der Waals surface area contributed by atoms with Crippen LogP contribution in [0.25, 0.3) is 21.8 Å². The average molecular weight is 484 g/mol. The van der Waals surface area contributed by atoms with Crippen molar-refractivity contribution in [2.45, 2.75) is 13.1 Å². The molecule has 9 nitrogen and oxygen atoms in total. The molecule has 1 amide bonds. The minimum atomic E-state index is -0.275. The summed E-state index contributed by atoms with van der Waals surface area (Å²) in [5.74, 6) is 0.783. The molecule has 2 heterocycles. The maximum atomic E-state index is 13.1. The molecule has 5 rings (SSSR count). The SMILES string of the molecule is COc1ccccc1OCC(=O)NCCn1ncc2c(=O)n(Cc3cccc4ccccc34)cnc21. The fraction of sp³-hybridized carbons (Fsp3) is 0.185. The van der Waals surface area contributed by atoms with Crippen LogP contribution in [0.5, 0.6) is 11.5 Å². The average Bonchev–Trinajstić information content (AvgIpc) is 3.33. The smallest absolute Gasteiger partial charge is 0.264 e. The van der Waals surface area contributed by atoms with Crippen molar-refractivity contribution in [3.63, 3.8) is 0 Å². The Morgan fingerprint density at radius 2 is 1.75 bits per heavy atom. The van der Waals surface area contributed by atoms with Gasteiger partial charge in [0.05, 0.1) is 26.4 Å². The molecule has 0 radical (unpaired) electrons. The third-order valence-electron chi connectivity index (χ3n) is 5.92. The Labute approximate surface area is 206 Å². The fourth-order valence-corrected chi connectivity index (χ4v) is 4.12. The molecule has 0 saturated heterocycles. The molecule has 36 heavy (non-hydrogen) atoms. The number of hydrogen-bond acceptors (Lipinski definition) is 6. The fourth-order valence-electron chi connectivity index (χ4n) is 4.12. The van der Waals surface area contributed by atoms with E-state index in [9.17, 15) is 9.59 Å². The Kier molecular flexibility index (Phi) is 6.61. The molecular formula is C27H25N5O4. The van der Waals surface area contributed by atoms with Gasteiger partial charge >= 0.3 is 0 Å². The van der Waals surface area contributed by atoms with E-state index in [1.807, 2.05) is 36.4 Å². The number of aromatic nitrogens is 4. The van der Waals surface area contributed by atoms with Crippen molar-refractivity contribution in [1.29, 1.82) is 0 Å². The number of para-hydroxylation sites is 2. The van der Waals surface area contributed by atoms with Gasteiger partial charge in [0.2, 0.25) is 0 Å². The highest BCUT2D eigenvalue weighted by molar-refractivity contribution is 5.85. The Hall–Kier alpha value is -4.66. The summed E-state index contributed by atoms with van der Waals surface area (Å²) in [6.45, 7) is 0.948. The van der Waals surface area contributed by atoms with Crippen molar-refractivity contribution in [3.05, 3.63) is 95.2 Å². The lowest BCUT2D eigenvalue weighted by Gasteiger charge is -2.11. The van der Waals surface area contributed by atoms with E-state index in [2.05, 4.69) is 33.6 Å². The van der Waals surface area contributed by atoms with Crippen molar-refractivity contribution in [3.8, 4) is 11.5 Å². The van der Waals surface area contributed by atoms with Gasteiger partial charge in [-0.25, -0.2) is 9.67 Å². The van der Waals surface area contributed by atoms with Gasteiger partial charge in [-0.3, -0.25) is 14.2 Å². The van der Waals surface area contributed by atoms with Gasteiger partial charge in [0.25, 0.3) is 11.5 Å². The van der Waals surface area contributed by atoms with E-state index in [0.29, 0.717) is 42.2 Å². The topological polar surface area (TPSA) is 100 Å². The monoisotopic (exact) mass is 483 g/mol. The maximum absolute atomic E-state index is 13.1. The number of rotatable bonds is 9. The standard InChI is InChI=1S/C27H25N5O4/c1-35-23-11-4-5-12-24(23)36-17-25(33)28-13-14-32-26-22(15-30-32)27(34)31(18-29-26)16-20-9-6-8-19-7-2-3-10-21(19)20/h2-12,15,18H,13-14,16-17H2,1H3,(H,28,33). The second kappa shape index (κ2) is 10.3. The number of fused-ring (bicyclic) bond motifs is 2. The third kappa shape index (κ3) is 4.76. The quantitative estimate of drug-likeness (QED) is 0.346. The Balaban J connectivity index is 1.23. The Bertz CT molecular complexity index is 1590. The van der Waals surface area contributed by atoms with E-state index in [1.54, 1.807) is 34.8 Å². The lowest BCUT2D eigenvalue weighted by atomic mass is 10.0. The highest BCUT2D eigenvalue weighted by Crippen LogP contribution is 2.25. The number of carbonyl (C=O) groups is 1. The van der Waals surface area contributed by atoms with Crippen LogP contribution in [-0.4, -0.2) is 45.5 Å². The number of amides is 1. The Morgan fingerprint density at radius 3 is 2.61 bits per heavy atom. The minimum absolute atomic E-state index is 0.142. The van der Waals surface area contributed by atoms with Gasteiger partial charge in [0.1, 0.15) is 11.7 Å². The zero-order chi connectivity index (χ0) is 24.9. The number of nitrogens with zero attached hydrogens (tertiary/aromatic N) is 4. The summed E-state index contributed by atoms with van der Waals surface area (Å²) in [7, 11) is 1.54. The molecule has 0 unspecified atom stereocenters. The van der Waals surface area contributed by atoms with Gasteiger partial charge in [-0.1, -0.05) is 54.6 Å². The van der Waals surface area contributed by atoms with Crippen LogP contribution in [-0.2, 0) is 17.9 Å². The number of nitrogens with one attached hydrogen (secondary N) is 1. The molecular weight excluding hydrogens is 458 g/mol. The molecule has 3 aromatic carbocycles. The van der Waals surface area contributed by atoms with E-state index in [1.165, 1.54) is 6.20 Å². The predicted molar refractivity (Wildman–Crippen MR) is 136 cm³/mol.